The zero-order valence-electron chi connectivity index (χ0n) is 8.66. The maximum absolute atomic E-state index is 12.8. The summed E-state index contributed by atoms with van der Waals surface area (Å²) in [7, 11) is 0. The normalized spacial score (nSPS) is 24.7. The molecule has 78 valence electrons. The lowest BCUT2D eigenvalue weighted by Gasteiger charge is -2.34. The van der Waals surface area contributed by atoms with Gasteiger partial charge in [0.15, 0.2) is 0 Å². The Morgan fingerprint density at radius 3 is 2.00 bits per heavy atom. The fourth-order valence-electron chi connectivity index (χ4n) is 1.80. The molecule has 1 rings (SSSR count). The molecule has 0 radical (unpaired) electrons. The second-order valence-corrected chi connectivity index (χ2v) is 5.02. The van der Waals surface area contributed by atoms with E-state index >= 15 is 0 Å². The summed E-state index contributed by atoms with van der Waals surface area (Å²) in [5.74, 6) is -2.41. The van der Waals surface area contributed by atoms with Crippen molar-refractivity contribution in [2.75, 3.05) is 0 Å². The largest absolute Gasteiger partial charge is 0.309 e. The average molecular weight is 191 g/mol. The monoisotopic (exact) mass is 191 g/mol. The molecule has 0 aromatic heterocycles. The number of hydrogen-bond donors (Lipinski definition) is 1. The van der Waals surface area contributed by atoms with Crippen LogP contribution in [-0.2, 0) is 0 Å². The standard InChI is InChI=1S/C10H19F2N/c1-9(2,3)13-8-4-6-10(11,12)7-5-8/h8,13H,4-7H2,1-3H3. The van der Waals surface area contributed by atoms with Crippen molar-refractivity contribution < 1.29 is 8.78 Å². The lowest BCUT2D eigenvalue weighted by atomic mass is 9.90. The van der Waals surface area contributed by atoms with Gasteiger partial charge in [0.1, 0.15) is 0 Å². The third-order valence-corrected chi connectivity index (χ3v) is 2.35. The van der Waals surface area contributed by atoms with Gasteiger partial charge in [-0.3, -0.25) is 0 Å². The molecule has 1 saturated carbocycles. The molecule has 0 aromatic carbocycles. The Morgan fingerprint density at radius 2 is 1.62 bits per heavy atom. The predicted octanol–water partition coefficient (Wildman–Crippen LogP) is 2.95. The van der Waals surface area contributed by atoms with Gasteiger partial charge < -0.3 is 5.32 Å². The molecule has 1 aliphatic rings. The minimum absolute atomic E-state index is 0.0390. The second kappa shape index (κ2) is 3.52. The molecule has 0 aliphatic heterocycles. The van der Waals surface area contributed by atoms with E-state index in [0.29, 0.717) is 12.8 Å². The molecular weight excluding hydrogens is 172 g/mol. The highest BCUT2D eigenvalue weighted by atomic mass is 19.3. The third kappa shape index (κ3) is 4.03. The molecule has 3 heteroatoms. The quantitative estimate of drug-likeness (QED) is 0.672. The van der Waals surface area contributed by atoms with Crippen LogP contribution in [0.25, 0.3) is 0 Å². The van der Waals surface area contributed by atoms with Gasteiger partial charge >= 0.3 is 0 Å². The van der Waals surface area contributed by atoms with E-state index in [1.807, 2.05) is 0 Å². The fraction of sp³-hybridized carbons (Fsp3) is 1.00. The van der Waals surface area contributed by atoms with E-state index in [9.17, 15) is 8.78 Å². The first-order valence-corrected chi connectivity index (χ1v) is 4.94. The summed E-state index contributed by atoms with van der Waals surface area (Å²) in [5, 5.41) is 3.36. The Kier molecular flexibility index (Phi) is 2.95. The summed E-state index contributed by atoms with van der Waals surface area (Å²) in [4.78, 5) is 0. The van der Waals surface area contributed by atoms with Crippen molar-refractivity contribution in [3.63, 3.8) is 0 Å². The van der Waals surface area contributed by atoms with Crippen LogP contribution in [-0.4, -0.2) is 17.5 Å². The zero-order chi connectivity index (χ0) is 10.1. The SMILES string of the molecule is CC(C)(C)NC1CCC(F)(F)CC1. The lowest BCUT2D eigenvalue weighted by Crippen LogP contribution is -2.46. The van der Waals surface area contributed by atoms with E-state index in [4.69, 9.17) is 0 Å². The third-order valence-electron chi connectivity index (χ3n) is 2.35. The van der Waals surface area contributed by atoms with Crippen molar-refractivity contribution in [1.29, 1.82) is 0 Å². The molecule has 0 unspecified atom stereocenters. The molecule has 0 bridgehead atoms. The molecule has 0 heterocycles. The maximum Gasteiger partial charge on any atom is 0.248 e. The Bertz CT molecular complexity index is 162. The van der Waals surface area contributed by atoms with Crippen LogP contribution in [0.1, 0.15) is 46.5 Å². The van der Waals surface area contributed by atoms with E-state index < -0.39 is 5.92 Å². The number of hydrogen-bond acceptors (Lipinski definition) is 1. The summed E-state index contributed by atoms with van der Waals surface area (Å²) in [6, 6.07) is 0.277. The Morgan fingerprint density at radius 1 is 1.15 bits per heavy atom. The Labute approximate surface area is 78.9 Å². The van der Waals surface area contributed by atoms with Crippen molar-refractivity contribution in [2.45, 2.75) is 64.0 Å². The second-order valence-electron chi connectivity index (χ2n) is 5.02. The number of rotatable bonds is 1. The van der Waals surface area contributed by atoms with Crippen LogP contribution in [0, 0.1) is 0 Å². The summed E-state index contributed by atoms with van der Waals surface area (Å²) < 4.78 is 25.6. The first-order chi connectivity index (χ1) is 5.79. The highest BCUT2D eigenvalue weighted by molar-refractivity contribution is 4.85. The van der Waals surface area contributed by atoms with Crippen molar-refractivity contribution in [3.05, 3.63) is 0 Å². The topological polar surface area (TPSA) is 12.0 Å². The molecule has 1 N–H and O–H groups in total. The summed E-state index contributed by atoms with van der Waals surface area (Å²) >= 11 is 0. The van der Waals surface area contributed by atoms with Crippen LogP contribution in [0.15, 0.2) is 0 Å². The fourth-order valence-corrected chi connectivity index (χ4v) is 1.80. The van der Waals surface area contributed by atoms with E-state index in [-0.39, 0.29) is 24.4 Å². The molecule has 0 atom stereocenters. The van der Waals surface area contributed by atoms with E-state index in [0.717, 1.165) is 0 Å². The van der Waals surface area contributed by atoms with E-state index in [1.54, 1.807) is 0 Å². The number of halogens is 2. The van der Waals surface area contributed by atoms with E-state index in [1.165, 1.54) is 0 Å². The molecule has 13 heavy (non-hydrogen) atoms. The highest BCUT2D eigenvalue weighted by Gasteiger charge is 2.35. The zero-order valence-corrected chi connectivity index (χ0v) is 8.66. The first kappa shape index (κ1) is 10.9. The molecule has 1 aliphatic carbocycles. The van der Waals surface area contributed by atoms with Crippen molar-refractivity contribution in [2.24, 2.45) is 0 Å². The van der Waals surface area contributed by atoms with Gasteiger partial charge in [-0.2, -0.15) is 0 Å². The molecule has 0 saturated heterocycles. The molecule has 1 nitrogen and oxygen atoms in total. The summed E-state index contributed by atoms with van der Waals surface area (Å²) in [5.41, 5.74) is 0.0390. The predicted molar refractivity (Wildman–Crippen MR) is 50.1 cm³/mol. The Balaban J connectivity index is 2.34. The van der Waals surface area contributed by atoms with Gasteiger partial charge in [-0.15, -0.1) is 0 Å². The van der Waals surface area contributed by atoms with Crippen LogP contribution in [0.4, 0.5) is 8.78 Å². The van der Waals surface area contributed by atoms with Gasteiger partial charge in [-0.1, -0.05) is 0 Å². The Hall–Kier alpha value is -0.180. The molecular formula is C10H19F2N. The minimum atomic E-state index is -2.41. The first-order valence-electron chi connectivity index (χ1n) is 4.94. The van der Waals surface area contributed by atoms with Gasteiger partial charge in [0.25, 0.3) is 0 Å². The van der Waals surface area contributed by atoms with Crippen LogP contribution in [0.5, 0.6) is 0 Å². The van der Waals surface area contributed by atoms with Gasteiger partial charge in [0.2, 0.25) is 5.92 Å². The van der Waals surface area contributed by atoms with Gasteiger partial charge in [-0.05, 0) is 33.6 Å². The average Bonchev–Trinajstić information content (AvgIpc) is 1.91. The van der Waals surface area contributed by atoms with Crippen LogP contribution in [0.2, 0.25) is 0 Å². The molecule has 1 fully saturated rings. The van der Waals surface area contributed by atoms with Crippen molar-refractivity contribution in [1.82, 2.24) is 5.32 Å². The van der Waals surface area contributed by atoms with Crippen LogP contribution >= 0.6 is 0 Å². The summed E-state index contributed by atoms with van der Waals surface area (Å²) in [6.07, 6.45) is 1.29. The van der Waals surface area contributed by atoms with Gasteiger partial charge in [0, 0.05) is 24.4 Å². The molecule has 0 aromatic rings. The van der Waals surface area contributed by atoms with Crippen LogP contribution < -0.4 is 5.32 Å². The smallest absolute Gasteiger partial charge is 0.248 e. The van der Waals surface area contributed by atoms with Gasteiger partial charge in [0.05, 0.1) is 0 Å². The lowest BCUT2D eigenvalue weighted by molar-refractivity contribution is -0.0421. The highest BCUT2D eigenvalue weighted by Crippen LogP contribution is 2.33. The van der Waals surface area contributed by atoms with Crippen LogP contribution in [0.3, 0.4) is 0 Å². The molecule has 0 spiro atoms. The van der Waals surface area contributed by atoms with E-state index in [2.05, 4.69) is 26.1 Å². The number of alkyl halides is 2. The minimum Gasteiger partial charge on any atom is -0.309 e. The summed E-state index contributed by atoms with van der Waals surface area (Å²) in [6.45, 7) is 6.21. The molecule has 0 amide bonds. The number of nitrogens with one attached hydrogen (secondary N) is 1. The van der Waals surface area contributed by atoms with Gasteiger partial charge in [-0.25, -0.2) is 8.78 Å². The van der Waals surface area contributed by atoms with Crippen molar-refractivity contribution in [3.8, 4) is 0 Å². The maximum atomic E-state index is 12.8. The van der Waals surface area contributed by atoms with Crippen molar-refractivity contribution >= 4 is 0 Å².